The molecule has 0 spiro atoms. The summed E-state index contributed by atoms with van der Waals surface area (Å²) < 4.78 is 23.8. The molecule has 4 nitrogen and oxygen atoms in total. The second-order valence-corrected chi connectivity index (χ2v) is 3.78. The lowest BCUT2D eigenvalue weighted by Gasteiger charge is -2.15. The van der Waals surface area contributed by atoms with E-state index in [0.717, 1.165) is 12.8 Å². The van der Waals surface area contributed by atoms with E-state index in [1.165, 1.54) is 0 Å². The fourth-order valence-corrected chi connectivity index (χ4v) is 1.23. The normalized spacial score (nSPS) is 17.9. The van der Waals surface area contributed by atoms with Gasteiger partial charge < -0.3 is 16.4 Å². The Hall–Kier alpha value is -0.750. The van der Waals surface area contributed by atoms with Gasteiger partial charge in [0.1, 0.15) is 0 Å². The summed E-state index contributed by atoms with van der Waals surface area (Å²) in [5.74, 6) is -0.116. The van der Waals surface area contributed by atoms with Crippen LogP contribution < -0.4 is 16.4 Å². The lowest BCUT2D eigenvalue weighted by atomic mass is 10.2. The summed E-state index contributed by atoms with van der Waals surface area (Å²) in [6, 6.07) is -0.0660. The van der Waals surface area contributed by atoms with Crippen molar-refractivity contribution in [3.63, 3.8) is 0 Å². The van der Waals surface area contributed by atoms with E-state index in [-0.39, 0.29) is 24.9 Å². The molecule has 0 bridgehead atoms. The van der Waals surface area contributed by atoms with E-state index in [9.17, 15) is 13.6 Å². The van der Waals surface area contributed by atoms with Gasteiger partial charge in [0.05, 0.1) is 6.54 Å². The summed E-state index contributed by atoms with van der Waals surface area (Å²) in [6.45, 7) is -0.233. The minimum Gasteiger partial charge on any atom is -0.353 e. The summed E-state index contributed by atoms with van der Waals surface area (Å²) in [5.41, 5.74) is 5.37. The monoisotopic (exact) mass is 221 g/mol. The second-order valence-electron chi connectivity index (χ2n) is 3.78. The largest absolute Gasteiger partial charge is 0.353 e. The summed E-state index contributed by atoms with van der Waals surface area (Å²) in [4.78, 5) is 11.3. The van der Waals surface area contributed by atoms with Gasteiger partial charge in [0.25, 0.3) is 6.43 Å². The van der Waals surface area contributed by atoms with Crippen molar-refractivity contribution in [3.8, 4) is 0 Å². The number of amides is 1. The van der Waals surface area contributed by atoms with Crippen molar-refractivity contribution in [1.82, 2.24) is 10.6 Å². The van der Waals surface area contributed by atoms with Gasteiger partial charge in [-0.05, 0) is 12.8 Å². The van der Waals surface area contributed by atoms with Crippen molar-refractivity contribution in [1.29, 1.82) is 0 Å². The van der Waals surface area contributed by atoms with Crippen molar-refractivity contribution >= 4 is 5.91 Å². The zero-order valence-electron chi connectivity index (χ0n) is 8.51. The SMILES string of the molecule is NCC(CC(=O)NC1CC1)NCC(F)F. The average molecular weight is 221 g/mol. The van der Waals surface area contributed by atoms with E-state index in [1.807, 2.05) is 0 Å². The third-order valence-electron chi connectivity index (χ3n) is 2.22. The Balaban J connectivity index is 2.15. The molecule has 1 fully saturated rings. The molecule has 0 heterocycles. The van der Waals surface area contributed by atoms with E-state index in [4.69, 9.17) is 5.73 Å². The van der Waals surface area contributed by atoms with Gasteiger partial charge in [-0.15, -0.1) is 0 Å². The van der Waals surface area contributed by atoms with Crippen LogP contribution in [0.1, 0.15) is 19.3 Å². The molecule has 0 saturated heterocycles. The highest BCUT2D eigenvalue weighted by molar-refractivity contribution is 5.77. The topological polar surface area (TPSA) is 67.2 Å². The molecule has 1 rings (SSSR count). The molecule has 1 atom stereocenters. The van der Waals surface area contributed by atoms with Crippen LogP contribution in [-0.2, 0) is 4.79 Å². The van der Waals surface area contributed by atoms with Crippen molar-refractivity contribution < 1.29 is 13.6 Å². The molecule has 6 heteroatoms. The van der Waals surface area contributed by atoms with Crippen molar-refractivity contribution in [2.24, 2.45) is 5.73 Å². The van der Waals surface area contributed by atoms with E-state index in [0.29, 0.717) is 6.04 Å². The molecule has 88 valence electrons. The fourth-order valence-electron chi connectivity index (χ4n) is 1.23. The van der Waals surface area contributed by atoms with Crippen LogP contribution in [0.25, 0.3) is 0 Å². The number of carbonyl (C=O) groups excluding carboxylic acids is 1. The van der Waals surface area contributed by atoms with Gasteiger partial charge in [-0.3, -0.25) is 4.79 Å². The Kier molecular flexibility index (Phi) is 4.90. The quantitative estimate of drug-likeness (QED) is 0.559. The molecule has 1 aliphatic carbocycles. The second kappa shape index (κ2) is 5.97. The number of halogens is 2. The lowest BCUT2D eigenvalue weighted by Crippen LogP contribution is -2.42. The third-order valence-corrected chi connectivity index (χ3v) is 2.22. The lowest BCUT2D eigenvalue weighted by molar-refractivity contribution is -0.121. The first-order valence-corrected chi connectivity index (χ1v) is 5.12. The maximum Gasteiger partial charge on any atom is 0.250 e. The number of alkyl halides is 2. The molecule has 15 heavy (non-hydrogen) atoms. The Morgan fingerprint density at radius 3 is 2.60 bits per heavy atom. The van der Waals surface area contributed by atoms with Gasteiger partial charge in [-0.2, -0.15) is 0 Å². The molecule has 1 unspecified atom stereocenters. The first kappa shape index (κ1) is 12.3. The Bertz CT molecular complexity index is 210. The number of nitrogens with two attached hydrogens (primary N) is 1. The van der Waals surface area contributed by atoms with Crippen LogP contribution in [0.5, 0.6) is 0 Å². The van der Waals surface area contributed by atoms with Gasteiger partial charge in [-0.25, -0.2) is 8.78 Å². The minimum atomic E-state index is -2.41. The molecule has 1 aliphatic rings. The first-order valence-electron chi connectivity index (χ1n) is 5.12. The predicted octanol–water partition coefficient (Wildman–Crippen LogP) is -0.163. The Morgan fingerprint density at radius 2 is 2.13 bits per heavy atom. The molecule has 4 N–H and O–H groups in total. The summed E-state index contributed by atoms with van der Waals surface area (Å²) >= 11 is 0. The van der Waals surface area contributed by atoms with Gasteiger partial charge in [0.2, 0.25) is 5.91 Å². The van der Waals surface area contributed by atoms with Crippen LogP contribution in [0.2, 0.25) is 0 Å². The van der Waals surface area contributed by atoms with Gasteiger partial charge in [0, 0.05) is 25.0 Å². The standard InChI is InChI=1S/C9H17F2N3O/c10-8(11)5-13-7(4-12)3-9(15)14-6-1-2-6/h6-8,13H,1-5,12H2,(H,14,15). The van der Waals surface area contributed by atoms with Crippen molar-refractivity contribution in [2.45, 2.75) is 37.8 Å². The zero-order valence-corrected chi connectivity index (χ0v) is 8.51. The zero-order chi connectivity index (χ0) is 11.3. The fraction of sp³-hybridized carbons (Fsp3) is 0.889. The molecular weight excluding hydrogens is 204 g/mol. The van der Waals surface area contributed by atoms with Gasteiger partial charge >= 0.3 is 0 Å². The highest BCUT2D eigenvalue weighted by Gasteiger charge is 2.24. The van der Waals surface area contributed by atoms with Crippen LogP contribution in [0.4, 0.5) is 8.78 Å². The molecule has 0 aliphatic heterocycles. The van der Waals surface area contributed by atoms with Crippen LogP contribution in [0.15, 0.2) is 0 Å². The van der Waals surface area contributed by atoms with Gasteiger partial charge in [-0.1, -0.05) is 0 Å². The summed E-state index contributed by atoms with van der Waals surface area (Å²) in [5, 5.41) is 5.34. The molecule has 1 amide bonds. The third kappa shape index (κ3) is 5.64. The molecule has 0 aromatic carbocycles. The number of carbonyl (C=O) groups is 1. The van der Waals surface area contributed by atoms with Crippen LogP contribution in [0.3, 0.4) is 0 Å². The van der Waals surface area contributed by atoms with Crippen LogP contribution in [0, 0.1) is 0 Å². The molecule has 1 saturated carbocycles. The van der Waals surface area contributed by atoms with Crippen LogP contribution in [-0.4, -0.2) is 37.5 Å². The number of hydrogen-bond donors (Lipinski definition) is 3. The first-order chi connectivity index (χ1) is 7.11. The Labute approximate surface area is 87.6 Å². The van der Waals surface area contributed by atoms with E-state index >= 15 is 0 Å². The van der Waals surface area contributed by atoms with E-state index in [2.05, 4.69) is 10.6 Å². The minimum absolute atomic E-state index is 0.116. The van der Waals surface area contributed by atoms with Crippen molar-refractivity contribution in [2.75, 3.05) is 13.1 Å². The van der Waals surface area contributed by atoms with E-state index < -0.39 is 13.0 Å². The molecule has 0 aromatic rings. The van der Waals surface area contributed by atoms with Crippen LogP contribution >= 0.6 is 0 Å². The summed E-state index contributed by atoms with van der Waals surface area (Å²) in [7, 11) is 0. The Morgan fingerprint density at radius 1 is 1.47 bits per heavy atom. The number of nitrogens with one attached hydrogen (secondary N) is 2. The van der Waals surface area contributed by atoms with Crippen molar-refractivity contribution in [3.05, 3.63) is 0 Å². The van der Waals surface area contributed by atoms with Gasteiger partial charge in [0.15, 0.2) is 0 Å². The summed E-state index contributed by atoms with van der Waals surface area (Å²) in [6.07, 6.45) is -0.210. The molecular formula is C9H17F2N3O. The highest BCUT2D eigenvalue weighted by Crippen LogP contribution is 2.18. The predicted molar refractivity (Wildman–Crippen MR) is 52.6 cm³/mol. The highest BCUT2D eigenvalue weighted by atomic mass is 19.3. The number of rotatable bonds is 7. The van der Waals surface area contributed by atoms with E-state index in [1.54, 1.807) is 0 Å². The number of hydrogen-bond acceptors (Lipinski definition) is 3. The molecule has 0 aromatic heterocycles. The molecule has 0 radical (unpaired) electrons. The maximum absolute atomic E-state index is 11.9. The average Bonchev–Trinajstić information content (AvgIpc) is 2.95. The smallest absolute Gasteiger partial charge is 0.250 e. The maximum atomic E-state index is 11.9.